The maximum Gasteiger partial charge on any atom is 0.302 e. The van der Waals surface area contributed by atoms with Gasteiger partial charge in [0.05, 0.1) is 6.10 Å². The van der Waals surface area contributed by atoms with Crippen LogP contribution in [0.3, 0.4) is 0 Å². The minimum Gasteiger partial charge on any atom is -0.463 e. The molecule has 0 N–H and O–H groups in total. The van der Waals surface area contributed by atoms with Crippen molar-refractivity contribution in [2.75, 3.05) is 0 Å². The molecule has 0 bridgehead atoms. The topological polar surface area (TPSA) is 26.3 Å². The summed E-state index contributed by atoms with van der Waals surface area (Å²) >= 11 is 0. The highest BCUT2D eigenvalue weighted by Gasteiger charge is 2.04. The molecule has 0 aromatic rings. The van der Waals surface area contributed by atoms with Gasteiger partial charge in [0.25, 0.3) is 0 Å². The van der Waals surface area contributed by atoms with E-state index in [-0.39, 0.29) is 12.1 Å². The molecule has 0 amide bonds. The van der Waals surface area contributed by atoms with E-state index in [9.17, 15) is 4.79 Å². The predicted octanol–water partition coefficient (Wildman–Crippen LogP) is 4.63. The Bertz CT molecular complexity index is 209. The van der Waals surface area contributed by atoms with Gasteiger partial charge in [-0.3, -0.25) is 4.79 Å². The first-order valence-electron chi connectivity index (χ1n) is 6.99. The highest BCUT2D eigenvalue weighted by atomic mass is 16.5. The third-order valence-electron chi connectivity index (χ3n) is 2.75. The minimum atomic E-state index is -0.166. The van der Waals surface area contributed by atoms with E-state index in [1.165, 1.54) is 45.4 Å². The molecule has 0 aromatic carbocycles. The molecule has 0 aliphatic rings. The maximum atomic E-state index is 10.7. The lowest BCUT2D eigenvalue weighted by atomic mass is 10.1. The summed E-state index contributed by atoms with van der Waals surface area (Å²) in [5.41, 5.74) is 0. The summed E-state index contributed by atoms with van der Waals surface area (Å²) in [7, 11) is 0. The van der Waals surface area contributed by atoms with E-state index in [2.05, 4.69) is 19.1 Å². The maximum absolute atomic E-state index is 10.7. The van der Waals surface area contributed by atoms with E-state index < -0.39 is 0 Å². The van der Waals surface area contributed by atoms with E-state index in [1.54, 1.807) is 0 Å². The zero-order valence-corrected chi connectivity index (χ0v) is 11.7. The minimum absolute atomic E-state index is 0.0833. The lowest BCUT2D eigenvalue weighted by Gasteiger charge is -2.10. The third-order valence-corrected chi connectivity index (χ3v) is 2.75. The quantitative estimate of drug-likeness (QED) is 0.316. The summed E-state index contributed by atoms with van der Waals surface area (Å²) in [6.07, 6.45) is 14.3. The van der Waals surface area contributed by atoms with Crippen molar-refractivity contribution >= 4 is 5.97 Å². The standard InChI is InChI=1S/C15H28O2/c1-4-5-6-7-8-9-10-11-12-13-14(2)17-15(3)16/h5-6,14H,4,7-13H2,1-3H3/b6-5+/t14-/m1/s1. The molecule has 0 fully saturated rings. The average molecular weight is 240 g/mol. The molecule has 100 valence electrons. The number of esters is 1. The molecule has 2 nitrogen and oxygen atoms in total. The smallest absolute Gasteiger partial charge is 0.302 e. The Morgan fingerprint density at radius 3 is 2.41 bits per heavy atom. The van der Waals surface area contributed by atoms with E-state index in [0.29, 0.717) is 0 Å². The highest BCUT2D eigenvalue weighted by molar-refractivity contribution is 5.66. The molecule has 17 heavy (non-hydrogen) atoms. The largest absolute Gasteiger partial charge is 0.463 e. The van der Waals surface area contributed by atoms with Crippen LogP contribution in [0.5, 0.6) is 0 Å². The van der Waals surface area contributed by atoms with Gasteiger partial charge in [-0.15, -0.1) is 0 Å². The summed E-state index contributed by atoms with van der Waals surface area (Å²) in [6.45, 7) is 5.61. The van der Waals surface area contributed by atoms with Crippen molar-refractivity contribution in [3.05, 3.63) is 12.2 Å². The molecular formula is C15H28O2. The molecule has 0 saturated carbocycles. The van der Waals surface area contributed by atoms with Crippen molar-refractivity contribution in [2.24, 2.45) is 0 Å². The monoisotopic (exact) mass is 240 g/mol. The first kappa shape index (κ1) is 16.2. The molecule has 0 aromatic heterocycles. The van der Waals surface area contributed by atoms with Gasteiger partial charge < -0.3 is 4.74 Å². The number of carbonyl (C=O) groups excluding carboxylic acids is 1. The number of hydrogen-bond acceptors (Lipinski definition) is 2. The van der Waals surface area contributed by atoms with Gasteiger partial charge >= 0.3 is 5.97 Å². The number of rotatable bonds is 10. The molecule has 0 radical (unpaired) electrons. The van der Waals surface area contributed by atoms with E-state index in [1.807, 2.05) is 6.92 Å². The first-order valence-corrected chi connectivity index (χ1v) is 6.99. The molecule has 0 aliphatic heterocycles. The van der Waals surface area contributed by atoms with E-state index in [4.69, 9.17) is 4.74 Å². The Morgan fingerprint density at radius 1 is 1.12 bits per heavy atom. The second-order valence-electron chi connectivity index (χ2n) is 4.64. The Hall–Kier alpha value is -0.790. The number of hydrogen-bond donors (Lipinski definition) is 0. The lowest BCUT2D eigenvalue weighted by Crippen LogP contribution is -2.11. The van der Waals surface area contributed by atoms with Crippen LogP contribution in [0.2, 0.25) is 0 Å². The van der Waals surface area contributed by atoms with Gasteiger partial charge in [-0.1, -0.05) is 38.3 Å². The van der Waals surface area contributed by atoms with Crippen LogP contribution < -0.4 is 0 Å². The zero-order chi connectivity index (χ0) is 12.9. The summed E-state index contributed by atoms with van der Waals surface area (Å²) in [4.78, 5) is 10.7. The molecule has 0 aliphatic carbocycles. The van der Waals surface area contributed by atoms with Gasteiger partial charge in [-0.2, -0.15) is 0 Å². The number of carbonyl (C=O) groups is 1. The van der Waals surface area contributed by atoms with Gasteiger partial charge in [0, 0.05) is 6.92 Å². The van der Waals surface area contributed by atoms with E-state index >= 15 is 0 Å². The zero-order valence-electron chi connectivity index (χ0n) is 11.7. The van der Waals surface area contributed by atoms with Gasteiger partial charge in [0.1, 0.15) is 0 Å². The average Bonchev–Trinajstić information content (AvgIpc) is 2.26. The molecule has 1 atom stereocenters. The second kappa shape index (κ2) is 11.7. The summed E-state index contributed by atoms with van der Waals surface area (Å²) in [6, 6.07) is 0. The molecule has 0 rings (SSSR count). The van der Waals surface area contributed by atoms with Crippen LogP contribution in [0.1, 0.15) is 72.1 Å². The van der Waals surface area contributed by atoms with Crippen LogP contribution in [0.15, 0.2) is 12.2 Å². The van der Waals surface area contributed by atoms with Gasteiger partial charge in [0.2, 0.25) is 0 Å². The molecule has 0 heterocycles. The van der Waals surface area contributed by atoms with Crippen molar-refractivity contribution in [2.45, 2.75) is 78.2 Å². The number of ether oxygens (including phenoxy) is 1. The SMILES string of the molecule is CC/C=C/CCCCCCC[C@@H](C)OC(C)=O. The Labute approximate surface area is 106 Å². The van der Waals surface area contributed by atoms with Crippen LogP contribution in [0, 0.1) is 0 Å². The molecule has 0 unspecified atom stereocenters. The lowest BCUT2D eigenvalue weighted by molar-refractivity contribution is -0.145. The first-order chi connectivity index (χ1) is 8.16. The van der Waals surface area contributed by atoms with Crippen LogP contribution in [-0.4, -0.2) is 12.1 Å². The van der Waals surface area contributed by atoms with Crippen LogP contribution in [0.4, 0.5) is 0 Å². The van der Waals surface area contributed by atoms with Gasteiger partial charge in [0.15, 0.2) is 0 Å². The van der Waals surface area contributed by atoms with Crippen LogP contribution >= 0.6 is 0 Å². The van der Waals surface area contributed by atoms with Gasteiger partial charge in [-0.05, 0) is 39.0 Å². The van der Waals surface area contributed by atoms with E-state index in [0.717, 1.165) is 12.8 Å². The molecule has 2 heteroatoms. The fourth-order valence-corrected chi connectivity index (χ4v) is 1.85. The van der Waals surface area contributed by atoms with Crippen molar-refractivity contribution in [1.82, 2.24) is 0 Å². The fourth-order valence-electron chi connectivity index (χ4n) is 1.85. The Kier molecular flexibility index (Phi) is 11.1. The van der Waals surface area contributed by atoms with Crippen molar-refractivity contribution in [3.8, 4) is 0 Å². The molecule has 0 spiro atoms. The Morgan fingerprint density at radius 2 is 1.76 bits per heavy atom. The number of allylic oxidation sites excluding steroid dienone is 2. The Balaban J connectivity index is 3.18. The summed E-state index contributed by atoms with van der Waals surface area (Å²) in [5, 5.41) is 0. The third kappa shape index (κ3) is 13.1. The van der Waals surface area contributed by atoms with Crippen LogP contribution in [-0.2, 0) is 9.53 Å². The summed E-state index contributed by atoms with van der Waals surface area (Å²) in [5.74, 6) is -0.166. The number of unbranched alkanes of at least 4 members (excludes halogenated alkanes) is 5. The highest BCUT2D eigenvalue weighted by Crippen LogP contribution is 2.10. The second-order valence-corrected chi connectivity index (χ2v) is 4.64. The van der Waals surface area contributed by atoms with Crippen molar-refractivity contribution in [3.63, 3.8) is 0 Å². The molecular weight excluding hydrogens is 212 g/mol. The normalized spacial score (nSPS) is 12.9. The van der Waals surface area contributed by atoms with Crippen molar-refractivity contribution in [1.29, 1.82) is 0 Å². The van der Waals surface area contributed by atoms with Gasteiger partial charge in [-0.25, -0.2) is 0 Å². The summed E-state index contributed by atoms with van der Waals surface area (Å²) < 4.78 is 5.07. The predicted molar refractivity (Wildman–Crippen MR) is 73.0 cm³/mol. The molecule has 0 saturated heterocycles. The fraction of sp³-hybridized carbons (Fsp3) is 0.800. The van der Waals surface area contributed by atoms with Crippen LogP contribution in [0.25, 0.3) is 0 Å². The van der Waals surface area contributed by atoms with Crippen molar-refractivity contribution < 1.29 is 9.53 Å².